The smallest absolute Gasteiger partial charge is 0.133 e. The second-order valence-electron chi connectivity index (χ2n) is 4.67. The summed E-state index contributed by atoms with van der Waals surface area (Å²) in [5.74, 6) is 1.42. The molecule has 3 heteroatoms. The van der Waals surface area contributed by atoms with Gasteiger partial charge in [-0.2, -0.15) is 0 Å². The second-order valence-corrected chi connectivity index (χ2v) is 5.08. The predicted molar refractivity (Wildman–Crippen MR) is 82.6 cm³/mol. The lowest BCUT2D eigenvalue weighted by molar-refractivity contribution is 0.170. The first-order valence-corrected chi connectivity index (χ1v) is 7.26. The second kappa shape index (κ2) is 6.78. The number of aliphatic hydroxyl groups excluding tert-OH is 1. The summed E-state index contributed by atoms with van der Waals surface area (Å²) in [6.45, 7) is 4.00. The van der Waals surface area contributed by atoms with Gasteiger partial charge in [0, 0.05) is 10.6 Å². The topological polar surface area (TPSA) is 29.5 Å². The first-order valence-electron chi connectivity index (χ1n) is 6.89. The van der Waals surface area contributed by atoms with Crippen LogP contribution < -0.4 is 4.74 Å². The number of aryl methyl sites for hydroxylation is 1. The summed E-state index contributed by atoms with van der Waals surface area (Å²) in [6.07, 6.45) is 1.00. The maximum absolute atomic E-state index is 10.0. The van der Waals surface area contributed by atoms with Crippen LogP contribution in [0, 0.1) is 0 Å². The van der Waals surface area contributed by atoms with E-state index in [1.807, 2.05) is 49.4 Å². The van der Waals surface area contributed by atoms with Crippen molar-refractivity contribution in [3.8, 4) is 11.5 Å². The lowest BCUT2D eigenvalue weighted by Gasteiger charge is -2.15. The van der Waals surface area contributed by atoms with Crippen LogP contribution in [0.5, 0.6) is 11.5 Å². The molecule has 0 saturated carbocycles. The van der Waals surface area contributed by atoms with Crippen molar-refractivity contribution in [1.82, 2.24) is 0 Å². The molecule has 106 valence electrons. The van der Waals surface area contributed by atoms with Crippen molar-refractivity contribution < 1.29 is 9.84 Å². The van der Waals surface area contributed by atoms with Gasteiger partial charge in [0.15, 0.2) is 0 Å². The van der Waals surface area contributed by atoms with E-state index in [4.69, 9.17) is 16.3 Å². The Morgan fingerprint density at radius 1 is 1.15 bits per heavy atom. The van der Waals surface area contributed by atoms with E-state index in [9.17, 15) is 5.11 Å². The zero-order chi connectivity index (χ0) is 14.5. The van der Waals surface area contributed by atoms with Gasteiger partial charge in [0.1, 0.15) is 11.5 Å². The summed E-state index contributed by atoms with van der Waals surface area (Å²) < 4.78 is 5.91. The largest absolute Gasteiger partial charge is 0.457 e. The van der Waals surface area contributed by atoms with Crippen molar-refractivity contribution in [2.45, 2.75) is 32.8 Å². The average molecular weight is 291 g/mol. The third-order valence-corrected chi connectivity index (χ3v) is 3.66. The molecule has 0 bridgehead atoms. The van der Waals surface area contributed by atoms with Crippen LogP contribution >= 0.6 is 11.6 Å². The van der Waals surface area contributed by atoms with E-state index in [2.05, 4.69) is 6.92 Å². The molecule has 0 saturated heterocycles. The van der Waals surface area contributed by atoms with Crippen LogP contribution in [0.25, 0.3) is 0 Å². The first kappa shape index (κ1) is 14.9. The highest BCUT2D eigenvalue weighted by Gasteiger charge is 2.12. The molecule has 0 aliphatic rings. The molecule has 0 fully saturated rings. The Hall–Kier alpha value is -1.51. The van der Waals surface area contributed by atoms with Gasteiger partial charge in [0.2, 0.25) is 0 Å². The Balaban J connectivity index is 2.30. The zero-order valence-electron chi connectivity index (χ0n) is 11.8. The van der Waals surface area contributed by atoms with E-state index < -0.39 is 6.10 Å². The molecule has 1 atom stereocenters. The van der Waals surface area contributed by atoms with Gasteiger partial charge >= 0.3 is 0 Å². The van der Waals surface area contributed by atoms with E-state index >= 15 is 0 Å². The van der Waals surface area contributed by atoms with Gasteiger partial charge in [0.05, 0.1) is 6.10 Å². The summed E-state index contributed by atoms with van der Waals surface area (Å²) in [5.41, 5.74) is 1.86. The third-order valence-electron chi connectivity index (χ3n) is 3.29. The van der Waals surface area contributed by atoms with E-state index in [1.54, 1.807) is 0 Å². The fourth-order valence-electron chi connectivity index (χ4n) is 2.08. The van der Waals surface area contributed by atoms with Crippen molar-refractivity contribution in [3.05, 3.63) is 58.6 Å². The van der Waals surface area contributed by atoms with Crippen LogP contribution in [0.2, 0.25) is 5.02 Å². The number of ether oxygens (including phenoxy) is 1. The van der Waals surface area contributed by atoms with Gasteiger partial charge in [-0.05, 0) is 42.7 Å². The molecule has 2 aromatic rings. The maximum Gasteiger partial charge on any atom is 0.133 e. The molecule has 0 heterocycles. The summed E-state index contributed by atoms with van der Waals surface area (Å²) in [7, 11) is 0. The lowest BCUT2D eigenvalue weighted by atomic mass is 10.1. The molecule has 0 aliphatic carbocycles. The standard InChI is InChI=1S/C17H19ClO2/c1-3-12-11-13(9-10-15(12)18)20-17-8-6-5-7-14(17)16(19)4-2/h5-11,16,19H,3-4H2,1-2H3/t16-/m0/s1. The number of rotatable bonds is 5. The zero-order valence-corrected chi connectivity index (χ0v) is 12.5. The first-order chi connectivity index (χ1) is 9.65. The number of hydrogen-bond donors (Lipinski definition) is 1. The molecule has 20 heavy (non-hydrogen) atoms. The minimum atomic E-state index is -0.510. The van der Waals surface area contributed by atoms with E-state index in [-0.39, 0.29) is 0 Å². The normalized spacial score (nSPS) is 12.2. The number of hydrogen-bond acceptors (Lipinski definition) is 2. The Morgan fingerprint density at radius 3 is 2.60 bits per heavy atom. The minimum absolute atomic E-state index is 0.510. The Bertz CT molecular complexity index is 581. The molecular weight excluding hydrogens is 272 g/mol. The SMILES string of the molecule is CCc1cc(Oc2ccccc2[C@@H](O)CC)ccc1Cl. The van der Waals surface area contributed by atoms with Crippen molar-refractivity contribution in [2.75, 3.05) is 0 Å². The lowest BCUT2D eigenvalue weighted by Crippen LogP contribution is -1.98. The Labute approximate surface area is 125 Å². The quantitative estimate of drug-likeness (QED) is 0.826. The highest BCUT2D eigenvalue weighted by molar-refractivity contribution is 6.31. The molecule has 0 amide bonds. The molecule has 0 aliphatic heterocycles. The summed E-state index contributed by atoms with van der Waals surface area (Å²) in [4.78, 5) is 0. The average Bonchev–Trinajstić information content (AvgIpc) is 2.49. The van der Waals surface area contributed by atoms with Crippen LogP contribution in [0.4, 0.5) is 0 Å². The molecule has 1 N–H and O–H groups in total. The fraction of sp³-hybridized carbons (Fsp3) is 0.294. The van der Waals surface area contributed by atoms with Crippen LogP contribution in [-0.4, -0.2) is 5.11 Å². The van der Waals surface area contributed by atoms with Gasteiger partial charge in [-0.3, -0.25) is 0 Å². The van der Waals surface area contributed by atoms with Gasteiger partial charge in [0.25, 0.3) is 0 Å². The maximum atomic E-state index is 10.0. The van der Waals surface area contributed by atoms with Crippen LogP contribution in [0.15, 0.2) is 42.5 Å². The Kier molecular flexibility index (Phi) is 5.05. The van der Waals surface area contributed by atoms with Crippen molar-refractivity contribution in [3.63, 3.8) is 0 Å². The minimum Gasteiger partial charge on any atom is -0.457 e. The monoisotopic (exact) mass is 290 g/mol. The third kappa shape index (κ3) is 3.33. The van der Waals surface area contributed by atoms with E-state index in [0.717, 1.165) is 28.3 Å². The molecular formula is C17H19ClO2. The molecule has 0 aromatic heterocycles. The molecule has 0 spiro atoms. The fourth-order valence-corrected chi connectivity index (χ4v) is 2.33. The van der Waals surface area contributed by atoms with Crippen LogP contribution in [-0.2, 0) is 6.42 Å². The highest BCUT2D eigenvalue weighted by Crippen LogP contribution is 2.32. The number of aliphatic hydroxyl groups is 1. The summed E-state index contributed by atoms with van der Waals surface area (Å²) in [6, 6.07) is 13.2. The molecule has 2 nitrogen and oxygen atoms in total. The summed E-state index contributed by atoms with van der Waals surface area (Å²) in [5, 5.41) is 10.8. The van der Waals surface area contributed by atoms with E-state index in [0.29, 0.717) is 12.2 Å². The van der Waals surface area contributed by atoms with Crippen LogP contribution in [0.3, 0.4) is 0 Å². The van der Waals surface area contributed by atoms with Crippen molar-refractivity contribution in [1.29, 1.82) is 0 Å². The number of para-hydroxylation sites is 1. The van der Waals surface area contributed by atoms with Gasteiger partial charge in [-0.25, -0.2) is 0 Å². The van der Waals surface area contributed by atoms with Crippen molar-refractivity contribution in [2.24, 2.45) is 0 Å². The van der Waals surface area contributed by atoms with E-state index in [1.165, 1.54) is 0 Å². The Morgan fingerprint density at radius 2 is 1.90 bits per heavy atom. The van der Waals surface area contributed by atoms with Gasteiger partial charge < -0.3 is 9.84 Å². The predicted octanol–water partition coefficient (Wildman–Crippen LogP) is 5.14. The molecule has 2 rings (SSSR count). The number of benzene rings is 2. The summed E-state index contributed by atoms with van der Waals surface area (Å²) >= 11 is 6.11. The van der Waals surface area contributed by atoms with Crippen molar-refractivity contribution >= 4 is 11.6 Å². The molecule has 2 aromatic carbocycles. The van der Waals surface area contributed by atoms with Gasteiger partial charge in [-0.15, -0.1) is 0 Å². The highest BCUT2D eigenvalue weighted by atomic mass is 35.5. The van der Waals surface area contributed by atoms with Crippen LogP contribution in [0.1, 0.15) is 37.5 Å². The number of halogens is 1. The van der Waals surface area contributed by atoms with Gasteiger partial charge in [-0.1, -0.05) is 43.6 Å². The molecule has 0 unspecified atom stereocenters. The molecule has 0 radical (unpaired) electrons.